The Morgan fingerprint density at radius 2 is 2.50 bits per heavy atom. The molecule has 1 atom stereocenters. The van der Waals surface area contributed by atoms with E-state index in [1.165, 1.54) is 11.5 Å². The van der Waals surface area contributed by atoms with Crippen molar-refractivity contribution in [1.82, 2.24) is 0 Å². The third-order valence-corrected chi connectivity index (χ3v) is 3.59. The lowest BCUT2D eigenvalue weighted by atomic mass is 9.97. The van der Waals surface area contributed by atoms with Crippen molar-refractivity contribution < 1.29 is 4.84 Å². The summed E-state index contributed by atoms with van der Waals surface area (Å²) in [6.45, 7) is 5.24. The van der Waals surface area contributed by atoms with E-state index >= 15 is 0 Å². The molecule has 0 radical (unpaired) electrons. The van der Waals surface area contributed by atoms with Gasteiger partial charge >= 0.3 is 0 Å². The van der Waals surface area contributed by atoms with E-state index in [0.717, 1.165) is 6.61 Å². The average molecular weight is 157 g/mol. The van der Waals surface area contributed by atoms with Crippen LogP contribution >= 0.6 is 11.8 Å². The normalized spacial score (nSPS) is 35.0. The molecule has 3 heteroatoms. The maximum atomic E-state index is 5.02. The minimum absolute atomic E-state index is 0.237. The van der Waals surface area contributed by atoms with Gasteiger partial charge in [-0.05, 0) is 13.8 Å². The first-order chi connectivity index (χ1) is 4.70. The molecule has 0 bridgehead atoms. The highest BCUT2D eigenvalue weighted by molar-refractivity contribution is 8.01. The molecule has 10 heavy (non-hydrogen) atoms. The molecule has 0 spiro atoms. The number of thioether (sulfide) groups is 1. The van der Waals surface area contributed by atoms with E-state index in [1.54, 1.807) is 0 Å². The molecule has 2 heterocycles. The first kappa shape index (κ1) is 6.53. The fourth-order valence-electron chi connectivity index (χ4n) is 1.46. The molecule has 1 unspecified atom stereocenters. The second-order valence-electron chi connectivity index (χ2n) is 3.29. The van der Waals surface area contributed by atoms with Crippen molar-refractivity contribution in [3.63, 3.8) is 0 Å². The molecule has 1 fully saturated rings. The number of nitrogens with zero attached hydrogens (tertiary/aromatic N) is 1. The Hall–Kier alpha value is -0.180. The first-order valence-electron chi connectivity index (χ1n) is 3.54. The quantitative estimate of drug-likeness (QED) is 0.531. The minimum atomic E-state index is 0.237. The van der Waals surface area contributed by atoms with Crippen LogP contribution in [0.2, 0.25) is 0 Å². The maximum absolute atomic E-state index is 5.02. The van der Waals surface area contributed by atoms with Crippen molar-refractivity contribution in [2.75, 3.05) is 12.4 Å². The summed E-state index contributed by atoms with van der Waals surface area (Å²) in [6.07, 6.45) is 0. The van der Waals surface area contributed by atoms with Gasteiger partial charge in [0.25, 0.3) is 0 Å². The Morgan fingerprint density at radius 1 is 1.70 bits per heavy atom. The molecule has 0 saturated carbocycles. The first-order valence-corrected chi connectivity index (χ1v) is 4.53. The third kappa shape index (κ3) is 0.764. The number of oxime groups is 1. The highest BCUT2D eigenvalue weighted by Crippen LogP contribution is 2.40. The number of hydrogen-bond donors (Lipinski definition) is 0. The molecule has 56 valence electrons. The van der Waals surface area contributed by atoms with Crippen molar-refractivity contribution in [3.05, 3.63) is 0 Å². The van der Waals surface area contributed by atoms with E-state index in [9.17, 15) is 0 Å². The van der Waals surface area contributed by atoms with Crippen LogP contribution in [0.25, 0.3) is 0 Å². The largest absolute Gasteiger partial charge is 0.395 e. The van der Waals surface area contributed by atoms with Crippen molar-refractivity contribution in [2.45, 2.75) is 18.6 Å². The second-order valence-corrected chi connectivity index (χ2v) is 4.93. The summed E-state index contributed by atoms with van der Waals surface area (Å²) in [5.74, 6) is 1.80. The predicted octanol–water partition coefficient (Wildman–Crippen LogP) is 1.51. The van der Waals surface area contributed by atoms with Crippen LogP contribution in [0.5, 0.6) is 0 Å². The SMILES string of the molecule is CC1(C)SCC2CON=C21. The fraction of sp³-hybridized carbons (Fsp3) is 0.857. The molecule has 2 aliphatic heterocycles. The highest BCUT2D eigenvalue weighted by Gasteiger charge is 2.42. The number of fused-ring (bicyclic) bond motifs is 1. The third-order valence-electron chi connectivity index (χ3n) is 2.09. The summed E-state index contributed by atoms with van der Waals surface area (Å²) < 4.78 is 0.237. The Labute approximate surface area is 65.0 Å². The molecule has 0 amide bonds. The Kier molecular flexibility index (Phi) is 1.24. The van der Waals surface area contributed by atoms with Gasteiger partial charge < -0.3 is 4.84 Å². The van der Waals surface area contributed by atoms with Crippen LogP contribution in [0.3, 0.4) is 0 Å². The zero-order valence-corrected chi connectivity index (χ0v) is 7.07. The van der Waals surface area contributed by atoms with Crippen LogP contribution < -0.4 is 0 Å². The van der Waals surface area contributed by atoms with Gasteiger partial charge in [0.2, 0.25) is 0 Å². The summed E-state index contributed by atoms with van der Waals surface area (Å²) >= 11 is 1.98. The molecular weight excluding hydrogens is 146 g/mol. The van der Waals surface area contributed by atoms with E-state index in [2.05, 4.69) is 19.0 Å². The molecule has 1 saturated heterocycles. The van der Waals surface area contributed by atoms with Gasteiger partial charge in [0, 0.05) is 11.7 Å². The van der Waals surface area contributed by atoms with Gasteiger partial charge in [-0.2, -0.15) is 0 Å². The van der Waals surface area contributed by atoms with E-state index in [1.807, 2.05) is 11.8 Å². The monoisotopic (exact) mass is 157 g/mol. The Bertz CT molecular complexity index is 188. The molecular formula is C7H11NOS. The van der Waals surface area contributed by atoms with Crippen LogP contribution in [0.4, 0.5) is 0 Å². The highest BCUT2D eigenvalue weighted by atomic mass is 32.2. The lowest BCUT2D eigenvalue weighted by Crippen LogP contribution is -2.25. The van der Waals surface area contributed by atoms with Gasteiger partial charge in [-0.25, -0.2) is 0 Å². The van der Waals surface area contributed by atoms with Crippen molar-refractivity contribution >= 4 is 17.5 Å². The minimum Gasteiger partial charge on any atom is -0.395 e. The van der Waals surface area contributed by atoms with Crippen LogP contribution in [0.15, 0.2) is 5.16 Å². The summed E-state index contributed by atoms with van der Waals surface area (Å²) in [6, 6.07) is 0. The van der Waals surface area contributed by atoms with Gasteiger partial charge in [-0.3, -0.25) is 0 Å². The lowest BCUT2D eigenvalue weighted by Gasteiger charge is -2.14. The number of hydrogen-bond acceptors (Lipinski definition) is 3. The molecule has 0 aliphatic carbocycles. The molecule has 0 aromatic rings. The molecule has 2 aliphatic rings. The smallest absolute Gasteiger partial charge is 0.126 e. The van der Waals surface area contributed by atoms with Crippen LogP contribution in [0, 0.1) is 5.92 Å². The van der Waals surface area contributed by atoms with Crippen LogP contribution in [-0.4, -0.2) is 22.8 Å². The summed E-state index contributed by atoms with van der Waals surface area (Å²) in [4.78, 5) is 5.02. The topological polar surface area (TPSA) is 21.6 Å². The predicted molar refractivity (Wildman–Crippen MR) is 43.4 cm³/mol. The van der Waals surface area contributed by atoms with Crippen LogP contribution in [0.1, 0.15) is 13.8 Å². The van der Waals surface area contributed by atoms with Crippen molar-refractivity contribution in [1.29, 1.82) is 0 Å². The van der Waals surface area contributed by atoms with Crippen molar-refractivity contribution in [3.8, 4) is 0 Å². The van der Waals surface area contributed by atoms with Gasteiger partial charge in [-0.1, -0.05) is 5.16 Å². The molecule has 0 N–H and O–H groups in total. The van der Waals surface area contributed by atoms with Gasteiger partial charge in [0.1, 0.15) is 6.61 Å². The standard InChI is InChI=1S/C7H11NOS/c1-7(2)6-5(4-10-7)3-9-8-6/h5H,3-4H2,1-2H3. The van der Waals surface area contributed by atoms with E-state index in [-0.39, 0.29) is 4.75 Å². The Balaban J connectivity index is 2.30. The zero-order valence-electron chi connectivity index (χ0n) is 6.26. The number of rotatable bonds is 0. The fourth-order valence-corrected chi connectivity index (χ4v) is 2.69. The summed E-state index contributed by atoms with van der Waals surface area (Å²) in [7, 11) is 0. The average Bonchev–Trinajstić information content (AvgIpc) is 2.36. The lowest BCUT2D eigenvalue weighted by molar-refractivity contribution is 0.158. The van der Waals surface area contributed by atoms with Gasteiger partial charge in [0.15, 0.2) is 0 Å². The van der Waals surface area contributed by atoms with Crippen molar-refractivity contribution in [2.24, 2.45) is 11.1 Å². The Morgan fingerprint density at radius 3 is 3.20 bits per heavy atom. The van der Waals surface area contributed by atoms with E-state index in [4.69, 9.17) is 4.84 Å². The molecule has 2 nitrogen and oxygen atoms in total. The van der Waals surface area contributed by atoms with E-state index in [0.29, 0.717) is 5.92 Å². The van der Waals surface area contributed by atoms with Crippen LogP contribution in [-0.2, 0) is 4.84 Å². The molecule has 0 aromatic carbocycles. The maximum Gasteiger partial charge on any atom is 0.126 e. The van der Waals surface area contributed by atoms with E-state index < -0.39 is 0 Å². The zero-order chi connectivity index (χ0) is 7.19. The second kappa shape index (κ2) is 1.91. The molecule has 2 rings (SSSR count). The molecule has 0 aromatic heterocycles. The summed E-state index contributed by atoms with van der Waals surface area (Å²) in [5, 5.41) is 4.05. The summed E-state index contributed by atoms with van der Waals surface area (Å²) in [5.41, 5.74) is 1.26. The van der Waals surface area contributed by atoms with Gasteiger partial charge in [0.05, 0.1) is 10.5 Å². The van der Waals surface area contributed by atoms with Gasteiger partial charge in [-0.15, -0.1) is 11.8 Å².